The first-order valence-electron chi connectivity index (χ1n) is 6.85. The zero-order valence-corrected chi connectivity index (χ0v) is 11.8. The number of hydrogen-bond donors (Lipinski definition) is 3. The van der Waals surface area contributed by atoms with Gasteiger partial charge in [0, 0.05) is 12.7 Å². The summed E-state index contributed by atoms with van der Waals surface area (Å²) in [4.78, 5) is 21.4. The van der Waals surface area contributed by atoms with E-state index in [1.54, 1.807) is 31.3 Å². The van der Waals surface area contributed by atoms with E-state index in [4.69, 9.17) is 10.8 Å². The van der Waals surface area contributed by atoms with Gasteiger partial charge in [-0.2, -0.15) is 0 Å². The lowest BCUT2D eigenvalue weighted by Crippen LogP contribution is -2.19. The Labute approximate surface area is 119 Å². The van der Waals surface area contributed by atoms with Crippen molar-refractivity contribution in [2.75, 3.05) is 12.8 Å². The van der Waals surface area contributed by atoms with Crippen LogP contribution in [0.15, 0.2) is 24.3 Å². The molecule has 0 aliphatic heterocycles. The Balaban J connectivity index is 0.000000204. The number of para-hydroxylation sites is 1. The number of nitrogens with two attached hydrogens (primary N) is 1. The number of nitrogen functional groups attached to an aromatic ring is 1. The third kappa shape index (κ3) is 4.91. The van der Waals surface area contributed by atoms with E-state index in [1.165, 1.54) is 6.42 Å². The molecule has 1 aromatic rings. The van der Waals surface area contributed by atoms with Crippen molar-refractivity contribution < 1.29 is 14.7 Å². The first kappa shape index (κ1) is 16.0. The van der Waals surface area contributed by atoms with E-state index in [2.05, 4.69) is 5.32 Å². The van der Waals surface area contributed by atoms with Crippen molar-refractivity contribution in [1.29, 1.82) is 0 Å². The normalized spacial score (nSPS) is 14.8. The van der Waals surface area contributed by atoms with Crippen molar-refractivity contribution >= 4 is 17.6 Å². The molecule has 0 unspecified atom stereocenters. The molecule has 5 heteroatoms. The van der Waals surface area contributed by atoms with Gasteiger partial charge in [0.1, 0.15) is 0 Å². The minimum absolute atomic E-state index is 0.0289. The third-order valence-electron chi connectivity index (χ3n) is 3.39. The van der Waals surface area contributed by atoms with Gasteiger partial charge in [-0.15, -0.1) is 0 Å². The van der Waals surface area contributed by atoms with Crippen LogP contribution in [0.1, 0.15) is 42.5 Å². The van der Waals surface area contributed by atoms with Gasteiger partial charge in [-0.1, -0.05) is 31.4 Å². The molecular weight excluding hydrogens is 256 g/mol. The van der Waals surface area contributed by atoms with Crippen LogP contribution in [0.2, 0.25) is 0 Å². The molecule has 4 N–H and O–H groups in total. The number of nitrogens with one attached hydrogen (secondary N) is 1. The van der Waals surface area contributed by atoms with Gasteiger partial charge in [0.15, 0.2) is 0 Å². The molecular formula is C15H22N2O3. The second kappa shape index (κ2) is 8.19. The second-order valence-electron chi connectivity index (χ2n) is 4.84. The lowest BCUT2D eigenvalue weighted by Gasteiger charge is -2.16. The minimum Gasteiger partial charge on any atom is -0.481 e. The molecule has 0 atom stereocenters. The first-order valence-corrected chi connectivity index (χ1v) is 6.85. The van der Waals surface area contributed by atoms with Crippen LogP contribution in [0.5, 0.6) is 0 Å². The quantitative estimate of drug-likeness (QED) is 0.724. The van der Waals surface area contributed by atoms with Crippen LogP contribution >= 0.6 is 0 Å². The highest BCUT2D eigenvalue weighted by atomic mass is 16.4. The van der Waals surface area contributed by atoms with Crippen LogP contribution < -0.4 is 11.1 Å². The number of carbonyl (C=O) groups is 2. The molecule has 110 valence electrons. The van der Waals surface area contributed by atoms with Gasteiger partial charge in [0.25, 0.3) is 5.91 Å². The van der Waals surface area contributed by atoms with Crippen molar-refractivity contribution in [3.8, 4) is 0 Å². The summed E-state index contributed by atoms with van der Waals surface area (Å²) in [6.45, 7) is 0. The fourth-order valence-corrected chi connectivity index (χ4v) is 2.19. The lowest BCUT2D eigenvalue weighted by molar-refractivity contribution is -0.142. The summed E-state index contributed by atoms with van der Waals surface area (Å²) in [7, 11) is 1.58. The van der Waals surface area contributed by atoms with Gasteiger partial charge in [-0.3, -0.25) is 9.59 Å². The Kier molecular flexibility index (Phi) is 6.56. The number of carboxylic acid groups (broad SMARTS) is 1. The number of benzene rings is 1. The Morgan fingerprint density at radius 1 is 1.20 bits per heavy atom. The standard InChI is InChI=1S/C8H10N2O.C7H12O2/c1-10-8(11)6-4-2-3-5-7(6)9;8-7(9)6-4-2-1-3-5-6/h2-5H,9H2,1H3,(H,10,11);6H,1-5H2,(H,8,9). The molecule has 0 saturated heterocycles. The number of carboxylic acids is 1. The van der Waals surface area contributed by atoms with Gasteiger partial charge in [0.2, 0.25) is 0 Å². The molecule has 0 aromatic heterocycles. The molecule has 1 aliphatic carbocycles. The average Bonchev–Trinajstić information content (AvgIpc) is 2.48. The minimum atomic E-state index is -0.602. The number of anilines is 1. The van der Waals surface area contributed by atoms with Crippen molar-refractivity contribution in [2.24, 2.45) is 5.92 Å². The lowest BCUT2D eigenvalue weighted by atomic mass is 9.90. The molecule has 0 bridgehead atoms. The molecule has 20 heavy (non-hydrogen) atoms. The number of amides is 1. The Morgan fingerprint density at radius 3 is 2.25 bits per heavy atom. The fraction of sp³-hybridized carbons (Fsp3) is 0.467. The van der Waals surface area contributed by atoms with Gasteiger partial charge < -0.3 is 16.2 Å². The molecule has 0 radical (unpaired) electrons. The van der Waals surface area contributed by atoms with E-state index < -0.39 is 5.97 Å². The summed E-state index contributed by atoms with van der Waals surface area (Å²) in [5, 5.41) is 11.0. The highest BCUT2D eigenvalue weighted by molar-refractivity contribution is 5.98. The molecule has 0 heterocycles. The summed E-state index contributed by atoms with van der Waals surface area (Å²) < 4.78 is 0. The van der Waals surface area contributed by atoms with Crippen LogP contribution in [-0.2, 0) is 4.79 Å². The van der Waals surface area contributed by atoms with E-state index in [1.807, 2.05) is 0 Å². The Hall–Kier alpha value is -2.04. The monoisotopic (exact) mass is 278 g/mol. The smallest absolute Gasteiger partial charge is 0.306 e. The SMILES string of the molecule is CNC(=O)c1ccccc1N.O=C(O)C1CCCCC1. The number of carbonyl (C=O) groups excluding carboxylic acids is 1. The maximum absolute atomic E-state index is 11.0. The van der Waals surface area contributed by atoms with E-state index >= 15 is 0 Å². The predicted molar refractivity (Wildman–Crippen MR) is 78.5 cm³/mol. The fourth-order valence-electron chi connectivity index (χ4n) is 2.19. The van der Waals surface area contributed by atoms with Crippen LogP contribution in [0, 0.1) is 5.92 Å². The maximum Gasteiger partial charge on any atom is 0.306 e. The van der Waals surface area contributed by atoms with Crippen LogP contribution in [0.4, 0.5) is 5.69 Å². The van der Waals surface area contributed by atoms with Crippen molar-refractivity contribution in [1.82, 2.24) is 5.32 Å². The third-order valence-corrected chi connectivity index (χ3v) is 3.39. The van der Waals surface area contributed by atoms with Gasteiger partial charge in [-0.05, 0) is 25.0 Å². The molecule has 1 aromatic carbocycles. The Morgan fingerprint density at radius 2 is 1.80 bits per heavy atom. The van der Waals surface area contributed by atoms with Crippen molar-refractivity contribution in [2.45, 2.75) is 32.1 Å². The largest absolute Gasteiger partial charge is 0.481 e. The zero-order valence-electron chi connectivity index (χ0n) is 11.8. The highest BCUT2D eigenvalue weighted by Gasteiger charge is 2.19. The Bertz CT molecular complexity index is 454. The van der Waals surface area contributed by atoms with Crippen molar-refractivity contribution in [3.05, 3.63) is 29.8 Å². The van der Waals surface area contributed by atoms with Gasteiger partial charge in [-0.25, -0.2) is 0 Å². The number of hydrogen-bond acceptors (Lipinski definition) is 3. The van der Waals surface area contributed by atoms with E-state index in [-0.39, 0.29) is 11.8 Å². The summed E-state index contributed by atoms with van der Waals surface area (Å²) >= 11 is 0. The summed E-state index contributed by atoms with van der Waals surface area (Å²) in [6.07, 6.45) is 5.24. The predicted octanol–water partition coefficient (Wildman–Crippen LogP) is 2.28. The van der Waals surface area contributed by atoms with Gasteiger partial charge >= 0.3 is 5.97 Å². The molecule has 1 amide bonds. The highest BCUT2D eigenvalue weighted by Crippen LogP contribution is 2.23. The van der Waals surface area contributed by atoms with Crippen LogP contribution in [0.3, 0.4) is 0 Å². The molecule has 5 nitrogen and oxygen atoms in total. The molecule has 1 aliphatic rings. The number of rotatable bonds is 2. The molecule has 0 spiro atoms. The average molecular weight is 278 g/mol. The van der Waals surface area contributed by atoms with E-state index in [0.29, 0.717) is 11.3 Å². The topological polar surface area (TPSA) is 92.4 Å². The van der Waals surface area contributed by atoms with Gasteiger partial charge in [0.05, 0.1) is 11.5 Å². The van der Waals surface area contributed by atoms with Crippen LogP contribution in [-0.4, -0.2) is 24.0 Å². The van der Waals surface area contributed by atoms with E-state index in [9.17, 15) is 9.59 Å². The zero-order chi connectivity index (χ0) is 15.0. The molecule has 1 saturated carbocycles. The number of aliphatic carboxylic acids is 1. The second-order valence-corrected chi connectivity index (χ2v) is 4.84. The maximum atomic E-state index is 11.0. The van der Waals surface area contributed by atoms with E-state index in [0.717, 1.165) is 25.7 Å². The summed E-state index contributed by atoms with van der Waals surface area (Å²) in [5.41, 5.74) is 6.57. The van der Waals surface area contributed by atoms with Crippen molar-refractivity contribution in [3.63, 3.8) is 0 Å². The summed E-state index contributed by atoms with van der Waals surface area (Å²) in [6, 6.07) is 6.96. The molecule has 1 fully saturated rings. The molecule has 2 rings (SSSR count). The summed E-state index contributed by atoms with van der Waals surface area (Å²) in [5.74, 6) is -0.781. The first-order chi connectivity index (χ1) is 9.56. The van der Waals surface area contributed by atoms with Crippen LogP contribution in [0.25, 0.3) is 0 Å².